The first-order valence-corrected chi connectivity index (χ1v) is 10.7. The zero-order chi connectivity index (χ0) is 21.0. The molecule has 0 atom stereocenters. The number of nitrogens with one attached hydrogen (secondary N) is 1. The highest BCUT2D eigenvalue weighted by molar-refractivity contribution is 7.89. The minimum absolute atomic E-state index is 0.152. The lowest BCUT2D eigenvalue weighted by molar-refractivity contribution is 0.102. The number of carbonyl (C=O) groups is 1. The highest BCUT2D eigenvalue weighted by Gasteiger charge is 2.21. The highest BCUT2D eigenvalue weighted by Crippen LogP contribution is 2.19. The molecule has 0 unspecified atom stereocenters. The number of anilines is 1. The van der Waals surface area contributed by atoms with Gasteiger partial charge in [-0.1, -0.05) is 36.4 Å². The summed E-state index contributed by atoms with van der Waals surface area (Å²) >= 11 is 0. The van der Waals surface area contributed by atoms with Crippen molar-refractivity contribution in [2.24, 2.45) is 0 Å². The third-order valence-corrected chi connectivity index (χ3v) is 6.37. The predicted octanol–water partition coefficient (Wildman–Crippen LogP) is 4.38. The summed E-state index contributed by atoms with van der Waals surface area (Å²) in [6.07, 6.45) is 0. The van der Waals surface area contributed by atoms with Gasteiger partial charge in [0.25, 0.3) is 5.91 Å². The van der Waals surface area contributed by atoms with E-state index in [-0.39, 0.29) is 17.3 Å². The van der Waals surface area contributed by atoms with Crippen molar-refractivity contribution >= 4 is 21.6 Å². The molecule has 3 aromatic carbocycles. The average molecular weight is 409 g/mol. The highest BCUT2D eigenvalue weighted by atomic mass is 32.2. The molecule has 0 radical (unpaired) electrons. The monoisotopic (exact) mass is 408 g/mol. The zero-order valence-electron chi connectivity index (χ0n) is 16.7. The Morgan fingerprint density at radius 2 is 1.48 bits per heavy atom. The van der Waals surface area contributed by atoms with Gasteiger partial charge in [-0.25, -0.2) is 8.42 Å². The van der Waals surface area contributed by atoms with E-state index in [2.05, 4.69) is 5.32 Å². The average Bonchev–Trinajstić information content (AvgIpc) is 2.68. The van der Waals surface area contributed by atoms with Gasteiger partial charge in [-0.05, 0) is 66.9 Å². The second kappa shape index (κ2) is 8.59. The van der Waals surface area contributed by atoms with Crippen molar-refractivity contribution in [1.29, 1.82) is 0 Å². The number of hydrogen-bond donors (Lipinski definition) is 1. The van der Waals surface area contributed by atoms with Crippen LogP contribution in [0.15, 0.2) is 77.7 Å². The van der Waals surface area contributed by atoms with Crippen molar-refractivity contribution in [2.75, 3.05) is 12.4 Å². The summed E-state index contributed by atoms with van der Waals surface area (Å²) in [5, 5.41) is 2.85. The molecule has 0 fully saturated rings. The van der Waals surface area contributed by atoms with E-state index in [1.807, 2.05) is 62.4 Å². The molecule has 0 saturated carbocycles. The molecule has 5 nitrogen and oxygen atoms in total. The summed E-state index contributed by atoms with van der Waals surface area (Å²) in [6, 6.07) is 21.2. The molecule has 0 saturated heterocycles. The molecule has 0 aliphatic heterocycles. The standard InChI is InChI=1S/C23H24N2O3S/c1-17-13-18(2)15-21(14-17)24-23(26)20-9-11-22(12-10-20)29(27,28)25(3)16-19-7-5-4-6-8-19/h4-15H,16H2,1-3H3,(H,24,26). The van der Waals surface area contributed by atoms with Crippen molar-refractivity contribution in [1.82, 2.24) is 4.31 Å². The van der Waals surface area contributed by atoms with Gasteiger partial charge in [-0.15, -0.1) is 0 Å². The number of sulfonamides is 1. The van der Waals surface area contributed by atoms with E-state index >= 15 is 0 Å². The molecule has 3 rings (SSSR count). The number of aryl methyl sites for hydroxylation is 2. The van der Waals surface area contributed by atoms with E-state index in [1.54, 1.807) is 7.05 Å². The van der Waals surface area contributed by atoms with E-state index in [4.69, 9.17) is 0 Å². The Balaban J connectivity index is 1.73. The topological polar surface area (TPSA) is 66.5 Å². The van der Waals surface area contributed by atoms with Gasteiger partial charge in [0.05, 0.1) is 4.90 Å². The summed E-state index contributed by atoms with van der Waals surface area (Å²) in [7, 11) is -2.10. The van der Waals surface area contributed by atoms with Gasteiger partial charge >= 0.3 is 0 Å². The van der Waals surface area contributed by atoms with E-state index in [0.717, 1.165) is 16.7 Å². The van der Waals surface area contributed by atoms with Crippen molar-refractivity contribution in [3.63, 3.8) is 0 Å². The van der Waals surface area contributed by atoms with Gasteiger partial charge < -0.3 is 5.32 Å². The Morgan fingerprint density at radius 1 is 0.897 bits per heavy atom. The maximum absolute atomic E-state index is 12.8. The third-order valence-electron chi connectivity index (χ3n) is 4.55. The predicted molar refractivity (Wildman–Crippen MR) is 115 cm³/mol. The van der Waals surface area contributed by atoms with Crippen LogP contribution in [-0.4, -0.2) is 25.7 Å². The summed E-state index contributed by atoms with van der Waals surface area (Å²) in [5.41, 5.74) is 4.13. The SMILES string of the molecule is Cc1cc(C)cc(NC(=O)c2ccc(S(=O)(=O)N(C)Cc3ccccc3)cc2)c1. The van der Waals surface area contributed by atoms with Crippen molar-refractivity contribution in [2.45, 2.75) is 25.3 Å². The van der Waals surface area contributed by atoms with Crippen LogP contribution in [0.1, 0.15) is 27.0 Å². The summed E-state index contributed by atoms with van der Waals surface area (Å²) in [6.45, 7) is 4.21. The maximum atomic E-state index is 12.8. The molecule has 0 heterocycles. The number of hydrogen-bond acceptors (Lipinski definition) is 3. The molecule has 1 N–H and O–H groups in total. The molecule has 0 aliphatic carbocycles. The van der Waals surface area contributed by atoms with Gasteiger partial charge in [0.1, 0.15) is 0 Å². The van der Waals surface area contributed by atoms with E-state index < -0.39 is 10.0 Å². The molecule has 150 valence electrons. The zero-order valence-corrected chi connectivity index (χ0v) is 17.5. The normalized spacial score (nSPS) is 11.4. The third kappa shape index (κ3) is 5.10. The number of benzene rings is 3. The molecular weight excluding hydrogens is 384 g/mol. The largest absolute Gasteiger partial charge is 0.322 e. The van der Waals surface area contributed by atoms with Crippen LogP contribution < -0.4 is 5.32 Å². The molecule has 6 heteroatoms. The lowest BCUT2D eigenvalue weighted by Crippen LogP contribution is -2.26. The molecule has 3 aromatic rings. The second-order valence-corrected chi connectivity index (χ2v) is 9.15. The number of nitrogens with zero attached hydrogens (tertiary/aromatic N) is 1. The molecule has 1 amide bonds. The molecule has 0 aliphatic rings. The number of rotatable bonds is 6. The number of carbonyl (C=O) groups excluding carboxylic acids is 1. The molecular formula is C23H24N2O3S. The van der Waals surface area contributed by atoms with Gasteiger partial charge in [0.2, 0.25) is 10.0 Å². The molecule has 0 spiro atoms. The first kappa shape index (κ1) is 20.8. The van der Waals surface area contributed by atoms with Crippen LogP contribution in [0.3, 0.4) is 0 Å². The Hall–Kier alpha value is -2.96. The summed E-state index contributed by atoms with van der Waals surface area (Å²) in [4.78, 5) is 12.7. The fourth-order valence-electron chi connectivity index (χ4n) is 3.13. The first-order chi connectivity index (χ1) is 13.8. The van der Waals surface area contributed by atoms with Crippen molar-refractivity contribution in [3.05, 3.63) is 95.1 Å². The van der Waals surface area contributed by atoms with Crippen LogP contribution in [0, 0.1) is 13.8 Å². The van der Waals surface area contributed by atoms with Crippen molar-refractivity contribution < 1.29 is 13.2 Å². The quantitative estimate of drug-likeness (QED) is 0.658. The second-order valence-electron chi connectivity index (χ2n) is 7.10. The fraction of sp³-hybridized carbons (Fsp3) is 0.174. The van der Waals surface area contributed by atoms with E-state index in [9.17, 15) is 13.2 Å². The van der Waals surface area contributed by atoms with Crippen LogP contribution in [-0.2, 0) is 16.6 Å². The minimum Gasteiger partial charge on any atom is -0.322 e. The van der Waals surface area contributed by atoms with E-state index in [0.29, 0.717) is 11.3 Å². The summed E-state index contributed by atoms with van der Waals surface area (Å²) in [5.74, 6) is -0.281. The van der Waals surface area contributed by atoms with Crippen LogP contribution in [0.25, 0.3) is 0 Å². The molecule has 0 bridgehead atoms. The van der Waals surface area contributed by atoms with Gasteiger partial charge in [0.15, 0.2) is 0 Å². The lowest BCUT2D eigenvalue weighted by Gasteiger charge is -2.17. The Labute approximate surface area is 172 Å². The fourth-order valence-corrected chi connectivity index (χ4v) is 4.29. The Morgan fingerprint density at radius 3 is 2.07 bits per heavy atom. The van der Waals surface area contributed by atoms with Crippen molar-refractivity contribution in [3.8, 4) is 0 Å². The summed E-state index contributed by atoms with van der Waals surface area (Å²) < 4.78 is 26.9. The maximum Gasteiger partial charge on any atom is 0.255 e. The number of amides is 1. The molecule has 29 heavy (non-hydrogen) atoms. The smallest absolute Gasteiger partial charge is 0.255 e. The van der Waals surface area contributed by atoms with Gasteiger partial charge in [0, 0.05) is 24.8 Å². The van der Waals surface area contributed by atoms with Crippen LogP contribution in [0.2, 0.25) is 0 Å². The first-order valence-electron chi connectivity index (χ1n) is 9.26. The van der Waals surface area contributed by atoms with Crippen LogP contribution >= 0.6 is 0 Å². The van der Waals surface area contributed by atoms with Gasteiger partial charge in [-0.3, -0.25) is 4.79 Å². The minimum atomic E-state index is -3.65. The van der Waals surface area contributed by atoms with Crippen LogP contribution in [0.5, 0.6) is 0 Å². The Bertz CT molecular complexity index is 1090. The Kier molecular flexibility index (Phi) is 6.15. The lowest BCUT2D eigenvalue weighted by atomic mass is 10.1. The van der Waals surface area contributed by atoms with E-state index in [1.165, 1.54) is 28.6 Å². The van der Waals surface area contributed by atoms with Gasteiger partial charge in [-0.2, -0.15) is 4.31 Å². The molecule has 0 aromatic heterocycles. The van der Waals surface area contributed by atoms with Crippen LogP contribution in [0.4, 0.5) is 5.69 Å².